The summed E-state index contributed by atoms with van der Waals surface area (Å²) in [4.78, 5) is 10.7. The highest BCUT2D eigenvalue weighted by molar-refractivity contribution is 5.87. The Morgan fingerprint density at radius 2 is 2.00 bits per heavy atom. The van der Waals surface area contributed by atoms with Crippen LogP contribution in [0.3, 0.4) is 0 Å². The molecule has 1 aromatic carbocycles. The lowest BCUT2D eigenvalue weighted by atomic mass is 9.99. The van der Waals surface area contributed by atoms with Gasteiger partial charge in [-0.3, -0.25) is 0 Å². The van der Waals surface area contributed by atoms with Gasteiger partial charge in [0.15, 0.2) is 0 Å². The maximum absolute atomic E-state index is 10.7. The smallest absolute Gasteiger partial charge is 0.335 e. The fourth-order valence-corrected chi connectivity index (χ4v) is 1.71. The summed E-state index contributed by atoms with van der Waals surface area (Å²) in [5.74, 6) is -0.344. The van der Waals surface area contributed by atoms with E-state index in [9.17, 15) is 4.79 Å². The monoisotopic (exact) mass is 247 g/mol. The van der Waals surface area contributed by atoms with Gasteiger partial charge in [-0.2, -0.15) is 0 Å². The number of carboxylic acid groups (broad SMARTS) is 1. The van der Waals surface area contributed by atoms with Crippen LogP contribution in [0.5, 0.6) is 0 Å². The number of carboxylic acids is 1. The Morgan fingerprint density at radius 3 is 2.50 bits per heavy atom. The van der Waals surface area contributed by atoms with Gasteiger partial charge in [0.05, 0.1) is 5.56 Å². The minimum Gasteiger partial charge on any atom is -0.478 e. The molecule has 0 saturated heterocycles. The summed E-state index contributed by atoms with van der Waals surface area (Å²) in [6, 6.07) is 7.37. The fraction of sp³-hybridized carbons (Fsp3) is 0.400. The third-order valence-electron chi connectivity index (χ3n) is 3.22. The number of benzene rings is 1. The minimum absolute atomic E-state index is 0.326. The van der Waals surface area contributed by atoms with Crippen molar-refractivity contribution in [1.29, 1.82) is 0 Å². The second kappa shape index (κ2) is 6.97. The molecule has 3 heteroatoms. The molecule has 1 rings (SSSR count). The molecule has 0 aliphatic heterocycles. The van der Waals surface area contributed by atoms with E-state index >= 15 is 0 Å². The average Bonchev–Trinajstić information content (AvgIpc) is 2.36. The molecule has 98 valence electrons. The Morgan fingerprint density at radius 1 is 1.39 bits per heavy atom. The van der Waals surface area contributed by atoms with Gasteiger partial charge in [-0.25, -0.2) is 4.79 Å². The van der Waals surface area contributed by atoms with Crippen LogP contribution in [0, 0.1) is 5.92 Å². The van der Waals surface area contributed by atoms with Crippen LogP contribution in [0.2, 0.25) is 0 Å². The fourth-order valence-electron chi connectivity index (χ4n) is 1.71. The van der Waals surface area contributed by atoms with Gasteiger partial charge in [0.1, 0.15) is 0 Å². The van der Waals surface area contributed by atoms with Crippen LogP contribution < -0.4 is 5.32 Å². The van der Waals surface area contributed by atoms with Crippen molar-refractivity contribution in [3.05, 3.63) is 48.0 Å². The first-order valence-electron chi connectivity index (χ1n) is 6.21. The molecule has 3 nitrogen and oxygen atoms in total. The second-order valence-electron chi connectivity index (χ2n) is 4.67. The van der Waals surface area contributed by atoms with Gasteiger partial charge in [-0.1, -0.05) is 25.1 Å². The van der Waals surface area contributed by atoms with Crippen molar-refractivity contribution in [2.24, 2.45) is 5.92 Å². The number of rotatable bonds is 7. The number of hydrogen-bond donors (Lipinski definition) is 2. The molecule has 0 radical (unpaired) electrons. The zero-order valence-electron chi connectivity index (χ0n) is 11.0. The molecule has 2 atom stereocenters. The first-order valence-corrected chi connectivity index (χ1v) is 6.21. The zero-order valence-corrected chi connectivity index (χ0v) is 11.0. The summed E-state index contributed by atoms with van der Waals surface area (Å²) in [6.45, 7) is 8.84. The van der Waals surface area contributed by atoms with Crippen LogP contribution in [0.15, 0.2) is 36.9 Å². The van der Waals surface area contributed by atoms with E-state index in [2.05, 4.69) is 25.7 Å². The molecule has 0 spiro atoms. The molecule has 0 aromatic heterocycles. The highest BCUT2D eigenvalue weighted by Crippen LogP contribution is 2.10. The predicted molar refractivity (Wildman–Crippen MR) is 73.7 cm³/mol. The van der Waals surface area contributed by atoms with Gasteiger partial charge in [0.2, 0.25) is 0 Å². The Labute approximate surface area is 109 Å². The number of nitrogens with one attached hydrogen (secondary N) is 1. The Hall–Kier alpha value is -1.61. The molecule has 2 N–H and O–H groups in total. The maximum atomic E-state index is 10.7. The van der Waals surface area contributed by atoms with Crippen LogP contribution in [-0.4, -0.2) is 17.1 Å². The minimum atomic E-state index is -0.887. The number of carbonyl (C=O) groups is 1. The summed E-state index contributed by atoms with van der Waals surface area (Å²) >= 11 is 0. The standard InChI is InChI=1S/C15H21NO2/c1-4-5-11(2)12(3)16-10-13-6-8-14(9-7-13)15(17)18/h4,6-9,11-12,16H,1,5,10H2,2-3H3,(H,17,18). The summed E-state index contributed by atoms with van der Waals surface area (Å²) in [6.07, 6.45) is 2.93. The predicted octanol–water partition coefficient (Wildman–Crippen LogP) is 3.08. The Bertz CT molecular complexity index is 397. The van der Waals surface area contributed by atoms with E-state index in [-0.39, 0.29) is 0 Å². The van der Waals surface area contributed by atoms with Gasteiger partial charge in [0, 0.05) is 12.6 Å². The molecule has 18 heavy (non-hydrogen) atoms. The van der Waals surface area contributed by atoms with Crippen molar-refractivity contribution in [3.63, 3.8) is 0 Å². The van der Waals surface area contributed by atoms with Crippen molar-refractivity contribution >= 4 is 5.97 Å². The summed E-state index contributed by atoms with van der Waals surface area (Å²) in [5.41, 5.74) is 1.42. The Balaban J connectivity index is 2.48. The van der Waals surface area contributed by atoms with Crippen molar-refractivity contribution in [1.82, 2.24) is 5.32 Å². The summed E-state index contributed by atoms with van der Waals surface area (Å²) in [5, 5.41) is 12.2. The topological polar surface area (TPSA) is 49.3 Å². The number of allylic oxidation sites excluding steroid dienone is 1. The molecule has 0 heterocycles. The quantitative estimate of drug-likeness (QED) is 0.728. The molecule has 0 amide bonds. The van der Waals surface area contributed by atoms with E-state index in [0.29, 0.717) is 17.5 Å². The molecule has 0 aliphatic rings. The van der Waals surface area contributed by atoms with Crippen molar-refractivity contribution in [2.45, 2.75) is 32.9 Å². The highest BCUT2D eigenvalue weighted by atomic mass is 16.4. The van der Waals surface area contributed by atoms with Gasteiger partial charge in [-0.05, 0) is 37.0 Å². The number of aromatic carboxylic acids is 1. The Kier molecular flexibility index (Phi) is 5.59. The lowest BCUT2D eigenvalue weighted by Gasteiger charge is -2.20. The lowest BCUT2D eigenvalue weighted by Crippen LogP contribution is -2.31. The molecular weight excluding hydrogens is 226 g/mol. The van der Waals surface area contributed by atoms with Crippen molar-refractivity contribution in [2.75, 3.05) is 0 Å². The van der Waals surface area contributed by atoms with E-state index in [4.69, 9.17) is 5.11 Å². The van der Waals surface area contributed by atoms with E-state index in [1.165, 1.54) is 0 Å². The molecular formula is C15H21NO2. The van der Waals surface area contributed by atoms with Gasteiger partial charge >= 0.3 is 5.97 Å². The first-order chi connectivity index (χ1) is 8.54. The molecule has 0 fully saturated rings. The maximum Gasteiger partial charge on any atom is 0.335 e. The SMILES string of the molecule is C=CCC(C)C(C)NCc1ccc(C(=O)O)cc1. The molecule has 0 saturated carbocycles. The number of hydrogen-bond acceptors (Lipinski definition) is 2. The van der Waals surface area contributed by atoms with E-state index < -0.39 is 5.97 Å². The highest BCUT2D eigenvalue weighted by Gasteiger charge is 2.09. The summed E-state index contributed by atoms with van der Waals surface area (Å²) in [7, 11) is 0. The van der Waals surface area contributed by atoms with Crippen molar-refractivity contribution < 1.29 is 9.90 Å². The summed E-state index contributed by atoms with van der Waals surface area (Å²) < 4.78 is 0. The first kappa shape index (κ1) is 14.5. The van der Waals surface area contributed by atoms with Gasteiger partial charge in [0.25, 0.3) is 0 Å². The lowest BCUT2D eigenvalue weighted by molar-refractivity contribution is 0.0697. The van der Waals surface area contributed by atoms with E-state index in [0.717, 1.165) is 18.5 Å². The molecule has 1 aromatic rings. The molecule has 0 aliphatic carbocycles. The van der Waals surface area contributed by atoms with Crippen LogP contribution in [0.4, 0.5) is 0 Å². The van der Waals surface area contributed by atoms with Crippen LogP contribution in [0.1, 0.15) is 36.2 Å². The largest absolute Gasteiger partial charge is 0.478 e. The molecule has 0 bridgehead atoms. The van der Waals surface area contributed by atoms with Crippen molar-refractivity contribution in [3.8, 4) is 0 Å². The average molecular weight is 247 g/mol. The van der Waals surface area contributed by atoms with Gasteiger partial charge < -0.3 is 10.4 Å². The van der Waals surface area contributed by atoms with Gasteiger partial charge in [-0.15, -0.1) is 6.58 Å². The normalized spacial score (nSPS) is 13.9. The van der Waals surface area contributed by atoms with Crippen LogP contribution in [0.25, 0.3) is 0 Å². The third kappa shape index (κ3) is 4.34. The zero-order chi connectivity index (χ0) is 13.5. The van der Waals surface area contributed by atoms with Crippen LogP contribution in [-0.2, 0) is 6.54 Å². The molecule has 2 unspecified atom stereocenters. The second-order valence-corrected chi connectivity index (χ2v) is 4.67. The third-order valence-corrected chi connectivity index (χ3v) is 3.22. The van der Waals surface area contributed by atoms with E-state index in [1.54, 1.807) is 12.1 Å². The van der Waals surface area contributed by atoms with E-state index in [1.807, 2.05) is 18.2 Å². The van der Waals surface area contributed by atoms with Crippen LogP contribution >= 0.6 is 0 Å².